The summed E-state index contributed by atoms with van der Waals surface area (Å²) in [4.78, 5) is 26.1. The van der Waals surface area contributed by atoms with Crippen molar-refractivity contribution in [3.05, 3.63) is 69.4 Å². The van der Waals surface area contributed by atoms with E-state index < -0.39 is 17.6 Å². The molecule has 4 aliphatic rings. The summed E-state index contributed by atoms with van der Waals surface area (Å²) in [6, 6.07) is 9.63. The van der Waals surface area contributed by atoms with Gasteiger partial charge in [0.15, 0.2) is 23.9 Å². The standard InChI is InChI=1S/C24H23ClO6/c1-12-9-14(26)17-16(10-12)31-24(19(17)13-7-5-4-6-8-13)22(28-2)18-15(27)11-30-21(18)20(25)23(24)29-3/h4-8,12,19,22H,9-11H2,1-3H3/t12-,19+,22?,24?/m0/s1. The van der Waals surface area contributed by atoms with E-state index in [1.165, 1.54) is 14.2 Å². The lowest BCUT2D eigenvalue weighted by molar-refractivity contribution is -0.122. The summed E-state index contributed by atoms with van der Waals surface area (Å²) in [6.07, 6.45) is 0.205. The third-order valence-electron chi connectivity index (χ3n) is 6.55. The average molecular weight is 443 g/mol. The van der Waals surface area contributed by atoms with Crippen LogP contribution >= 0.6 is 11.6 Å². The molecule has 1 aromatic rings. The molecule has 0 aromatic heterocycles. The van der Waals surface area contributed by atoms with E-state index in [9.17, 15) is 9.59 Å². The van der Waals surface area contributed by atoms with Crippen LogP contribution < -0.4 is 0 Å². The van der Waals surface area contributed by atoms with Gasteiger partial charge in [-0.05, 0) is 11.5 Å². The Morgan fingerprint density at radius 2 is 1.81 bits per heavy atom. The van der Waals surface area contributed by atoms with Crippen LogP contribution in [0, 0.1) is 5.92 Å². The minimum atomic E-state index is -1.32. The second kappa shape index (κ2) is 7.24. The second-order valence-electron chi connectivity index (χ2n) is 8.43. The fourth-order valence-electron chi connectivity index (χ4n) is 5.44. The lowest BCUT2D eigenvalue weighted by atomic mass is 9.68. The number of halogens is 1. The zero-order valence-electron chi connectivity index (χ0n) is 17.6. The third-order valence-corrected chi connectivity index (χ3v) is 6.89. The summed E-state index contributed by atoms with van der Waals surface area (Å²) in [6.45, 7) is 1.91. The van der Waals surface area contributed by atoms with Crippen molar-refractivity contribution in [1.29, 1.82) is 0 Å². The molecule has 2 unspecified atom stereocenters. The van der Waals surface area contributed by atoms with E-state index in [4.69, 9.17) is 30.5 Å². The molecule has 31 heavy (non-hydrogen) atoms. The molecule has 6 nitrogen and oxygen atoms in total. The first-order valence-electron chi connectivity index (χ1n) is 10.3. The van der Waals surface area contributed by atoms with E-state index >= 15 is 0 Å². The van der Waals surface area contributed by atoms with Gasteiger partial charge in [0.05, 0.1) is 18.6 Å². The van der Waals surface area contributed by atoms with Gasteiger partial charge in [0.25, 0.3) is 0 Å². The van der Waals surface area contributed by atoms with E-state index in [0.29, 0.717) is 35.5 Å². The molecule has 0 saturated heterocycles. The molecule has 7 heteroatoms. The van der Waals surface area contributed by atoms with Crippen LogP contribution in [0.3, 0.4) is 0 Å². The smallest absolute Gasteiger partial charge is 0.208 e. The molecule has 2 heterocycles. The first kappa shape index (κ1) is 20.3. The first-order chi connectivity index (χ1) is 14.9. The van der Waals surface area contributed by atoms with Gasteiger partial charge in [-0.3, -0.25) is 9.59 Å². The highest BCUT2D eigenvalue weighted by molar-refractivity contribution is 6.33. The molecular weight excluding hydrogens is 420 g/mol. The summed E-state index contributed by atoms with van der Waals surface area (Å²) in [5, 5.41) is 0.179. The van der Waals surface area contributed by atoms with Crippen LogP contribution in [0.5, 0.6) is 0 Å². The van der Waals surface area contributed by atoms with Gasteiger partial charge in [-0.25, -0.2) is 0 Å². The van der Waals surface area contributed by atoms with Crippen molar-refractivity contribution < 1.29 is 28.5 Å². The molecule has 0 radical (unpaired) electrons. The Morgan fingerprint density at radius 3 is 2.48 bits per heavy atom. The van der Waals surface area contributed by atoms with Crippen molar-refractivity contribution in [1.82, 2.24) is 0 Å². The van der Waals surface area contributed by atoms with Crippen LogP contribution in [-0.2, 0) is 28.5 Å². The van der Waals surface area contributed by atoms with Gasteiger partial charge in [-0.15, -0.1) is 0 Å². The highest BCUT2D eigenvalue weighted by atomic mass is 35.5. The number of Topliss-reactive ketones (excluding diaryl/α,β-unsaturated/α-hetero) is 2. The van der Waals surface area contributed by atoms with Crippen molar-refractivity contribution in [3.63, 3.8) is 0 Å². The van der Waals surface area contributed by atoms with Crippen LogP contribution in [0.2, 0.25) is 0 Å². The van der Waals surface area contributed by atoms with Crippen molar-refractivity contribution in [2.75, 3.05) is 20.8 Å². The molecule has 1 spiro atoms. The Kier molecular flexibility index (Phi) is 4.75. The van der Waals surface area contributed by atoms with E-state index in [0.717, 1.165) is 5.56 Å². The summed E-state index contributed by atoms with van der Waals surface area (Å²) in [5.74, 6) is 0.622. The number of ketones is 2. The molecule has 0 fully saturated rings. The lowest BCUT2D eigenvalue weighted by Crippen LogP contribution is -2.54. The Labute approximate surface area is 185 Å². The monoisotopic (exact) mass is 442 g/mol. The number of carbonyl (C=O) groups is 2. The average Bonchev–Trinajstić information content (AvgIpc) is 3.29. The predicted molar refractivity (Wildman–Crippen MR) is 112 cm³/mol. The molecule has 0 saturated carbocycles. The van der Waals surface area contributed by atoms with Crippen molar-refractivity contribution in [2.45, 2.75) is 37.4 Å². The minimum Gasteiger partial charge on any atom is -0.495 e. The van der Waals surface area contributed by atoms with Crippen LogP contribution in [0.4, 0.5) is 0 Å². The molecule has 0 N–H and O–H groups in total. The van der Waals surface area contributed by atoms with E-state index in [1.807, 2.05) is 37.3 Å². The second-order valence-corrected chi connectivity index (χ2v) is 8.81. The zero-order valence-corrected chi connectivity index (χ0v) is 18.3. The van der Waals surface area contributed by atoms with E-state index in [-0.39, 0.29) is 34.9 Å². The summed E-state index contributed by atoms with van der Waals surface area (Å²) >= 11 is 6.74. The van der Waals surface area contributed by atoms with Gasteiger partial charge in [0, 0.05) is 25.5 Å². The maximum Gasteiger partial charge on any atom is 0.208 e. The maximum absolute atomic E-state index is 13.3. The number of carbonyl (C=O) groups excluding carboxylic acids is 2. The molecule has 5 rings (SSSR count). The molecule has 0 amide bonds. The molecule has 162 valence electrons. The molecular formula is C24H23ClO6. The van der Waals surface area contributed by atoms with Crippen LogP contribution in [0.1, 0.15) is 31.2 Å². The summed E-state index contributed by atoms with van der Waals surface area (Å²) in [7, 11) is 3.02. The first-order valence-corrected chi connectivity index (χ1v) is 10.7. The highest BCUT2D eigenvalue weighted by Gasteiger charge is 2.66. The Balaban J connectivity index is 1.80. The Hall–Kier alpha value is -2.57. The third kappa shape index (κ3) is 2.68. The SMILES string of the molecule is COC1=C(Cl)C2=C(C(=O)CO2)C(OC)C12OC1=C(C(=O)C[C@H](C)C1)[C@H]2c1ccccc1. The van der Waals surface area contributed by atoms with Crippen molar-refractivity contribution in [3.8, 4) is 0 Å². The van der Waals surface area contributed by atoms with E-state index in [1.54, 1.807) is 0 Å². The summed E-state index contributed by atoms with van der Waals surface area (Å²) < 4.78 is 24.0. The summed E-state index contributed by atoms with van der Waals surface area (Å²) in [5.41, 5.74) is 0.483. The molecule has 0 bridgehead atoms. The number of rotatable bonds is 3. The van der Waals surface area contributed by atoms with Crippen LogP contribution in [0.25, 0.3) is 0 Å². The van der Waals surface area contributed by atoms with Gasteiger partial charge < -0.3 is 18.9 Å². The molecule has 2 aliphatic heterocycles. The van der Waals surface area contributed by atoms with Crippen molar-refractivity contribution >= 4 is 23.2 Å². The molecule has 2 aliphatic carbocycles. The number of hydrogen-bond donors (Lipinski definition) is 0. The van der Waals surface area contributed by atoms with Crippen LogP contribution in [0.15, 0.2) is 63.8 Å². The fraction of sp³-hybridized carbons (Fsp3) is 0.417. The zero-order chi connectivity index (χ0) is 21.9. The van der Waals surface area contributed by atoms with Gasteiger partial charge in [-0.1, -0.05) is 48.9 Å². The van der Waals surface area contributed by atoms with Crippen molar-refractivity contribution in [2.24, 2.45) is 5.92 Å². The normalized spacial score (nSPS) is 32.3. The Morgan fingerprint density at radius 1 is 1.06 bits per heavy atom. The highest BCUT2D eigenvalue weighted by Crippen LogP contribution is 2.60. The topological polar surface area (TPSA) is 71.1 Å². The quantitative estimate of drug-likeness (QED) is 0.709. The number of ether oxygens (including phenoxy) is 4. The minimum absolute atomic E-state index is 0.0367. The van der Waals surface area contributed by atoms with E-state index in [2.05, 4.69) is 0 Å². The van der Waals surface area contributed by atoms with Crippen LogP contribution in [-0.4, -0.2) is 44.1 Å². The number of benzene rings is 1. The Bertz CT molecular complexity index is 1070. The van der Waals surface area contributed by atoms with Gasteiger partial charge >= 0.3 is 0 Å². The predicted octanol–water partition coefficient (Wildman–Crippen LogP) is 3.77. The molecule has 1 aromatic carbocycles. The lowest BCUT2D eigenvalue weighted by Gasteiger charge is -2.44. The maximum atomic E-state index is 13.3. The van der Waals surface area contributed by atoms with Gasteiger partial charge in [0.1, 0.15) is 16.9 Å². The number of hydrogen-bond acceptors (Lipinski definition) is 6. The van der Waals surface area contributed by atoms with Gasteiger partial charge in [0.2, 0.25) is 11.4 Å². The fourth-order valence-corrected chi connectivity index (χ4v) is 5.82. The number of allylic oxidation sites excluding steroid dienone is 2. The largest absolute Gasteiger partial charge is 0.495 e. The number of methoxy groups -OCH3 is 2. The van der Waals surface area contributed by atoms with Gasteiger partial charge in [-0.2, -0.15) is 0 Å². The molecule has 4 atom stereocenters.